The van der Waals surface area contributed by atoms with Crippen molar-refractivity contribution in [3.63, 3.8) is 0 Å². The summed E-state index contributed by atoms with van der Waals surface area (Å²) >= 11 is 0. The lowest BCUT2D eigenvalue weighted by atomic mass is 9.89. The summed E-state index contributed by atoms with van der Waals surface area (Å²) in [5.41, 5.74) is 3.10. The lowest BCUT2D eigenvalue weighted by Crippen LogP contribution is -2.39. The highest BCUT2D eigenvalue weighted by molar-refractivity contribution is 6.06. The van der Waals surface area contributed by atoms with E-state index in [1.807, 2.05) is 41.4 Å². The van der Waals surface area contributed by atoms with Gasteiger partial charge in [0.1, 0.15) is 0 Å². The Balaban J connectivity index is 1.21. The number of hydrogen-bond acceptors (Lipinski definition) is 3. The summed E-state index contributed by atoms with van der Waals surface area (Å²) in [4.78, 5) is 18.4. The van der Waals surface area contributed by atoms with Gasteiger partial charge in [-0.3, -0.25) is 4.79 Å². The zero-order chi connectivity index (χ0) is 21.9. The largest absolute Gasteiger partial charge is 0.493 e. The monoisotopic (exact) mass is 432 g/mol. The molecule has 168 valence electrons. The van der Waals surface area contributed by atoms with Crippen molar-refractivity contribution >= 4 is 16.8 Å². The SMILES string of the molecule is COc1ccc(CC2CCN(C(=O)c3cccc4[nH]ccc34)CC2)cc1OC1CCCC1. The third-order valence-electron chi connectivity index (χ3n) is 7.08. The maximum atomic E-state index is 13.1. The molecule has 5 heteroatoms. The van der Waals surface area contributed by atoms with E-state index in [9.17, 15) is 4.79 Å². The van der Waals surface area contributed by atoms with Crippen molar-refractivity contribution in [3.8, 4) is 11.5 Å². The molecule has 1 N–H and O–H groups in total. The fourth-order valence-corrected chi connectivity index (χ4v) is 5.24. The fourth-order valence-electron chi connectivity index (χ4n) is 5.24. The quantitative estimate of drug-likeness (QED) is 0.552. The highest BCUT2D eigenvalue weighted by Gasteiger charge is 2.25. The van der Waals surface area contributed by atoms with Crippen LogP contribution in [-0.2, 0) is 6.42 Å². The van der Waals surface area contributed by atoms with Crippen LogP contribution in [0.25, 0.3) is 10.9 Å². The van der Waals surface area contributed by atoms with Crippen molar-refractivity contribution in [1.29, 1.82) is 0 Å². The summed E-state index contributed by atoms with van der Waals surface area (Å²) in [6.45, 7) is 1.62. The minimum Gasteiger partial charge on any atom is -0.493 e. The van der Waals surface area contributed by atoms with E-state index in [0.717, 1.165) is 73.2 Å². The molecule has 2 heterocycles. The standard InChI is InChI=1S/C27H32N2O3/c1-31-25-10-9-20(18-26(25)32-21-5-2-3-6-21)17-19-12-15-29(16-13-19)27(30)23-7-4-8-24-22(23)11-14-28-24/h4,7-11,14,18-19,21,28H,2-3,5-6,12-13,15-17H2,1H3. The summed E-state index contributed by atoms with van der Waals surface area (Å²) in [5, 5.41) is 1.01. The Kier molecular flexibility index (Phi) is 6.06. The maximum Gasteiger partial charge on any atom is 0.254 e. The smallest absolute Gasteiger partial charge is 0.254 e. The summed E-state index contributed by atoms with van der Waals surface area (Å²) < 4.78 is 11.8. The first-order valence-corrected chi connectivity index (χ1v) is 11.9. The minimum absolute atomic E-state index is 0.144. The third-order valence-corrected chi connectivity index (χ3v) is 7.08. The number of fused-ring (bicyclic) bond motifs is 1. The van der Waals surface area contributed by atoms with Crippen molar-refractivity contribution in [2.24, 2.45) is 5.92 Å². The van der Waals surface area contributed by atoms with Crippen molar-refractivity contribution in [2.75, 3.05) is 20.2 Å². The van der Waals surface area contributed by atoms with E-state index in [-0.39, 0.29) is 5.91 Å². The van der Waals surface area contributed by atoms with Gasteiger partial charge in [0.2, 0.25) is 0 Å². The van der Waals surface area contributed by atoms with Gasteiger partial charge in [-0.2, -0.15) is 0 Å². The van der Waals surface area contributed by atoms with E-state index in [0.29, 0.717) is 12.0 Å². The van der Waals surface area contributed by atoms with Gasteiger partial charge in [0, 0.05) is 35.8 Å². The van der Waals surface area contributed by atoms with Gasteiger partial charge in [0.05, 0.1) is 13.2 Å². The number of hydrogen-bond donors (Lipinski definition) is 1. The molecule has 0 spiro atoms. The van der Waals surface area contributed by atoms with E-state index in [1.54, 1.807) is 7.11 Å². The number of carbonyl (C=O) groups excluding carboxylic acids is 1. The molecule has 3 aromatic rings. The van der Waals surface area contributed by atoms with Gasteiger partial charge in [0.25, 0.3) is 5.91 Å². The van der Waals surface area contributed by atoms with E-state index < -0.39 is 0 Å². The average Bonchev–Trinajstić information content (AvgIpc) is 3.51. The number of H-pyrrole nitrogens is 1. The van der Waals surface area contributed by atoms with E-state index in [2.05, 4.69) is 17.1 Å². The number of carbonyl (C=O) groups is 1. The van der Waals surface area contributed by atoms with E-state index in [1.165, 1.54) is 18.4 Å². The van der Waals surface area contributed by atoms with E-state index >= 15 is 0 Å². The Labute approximate surface area is 189 Å². The molecule has 1 aliphatic carbocycles. The normalized spacial score (nSPS) is 17.7. The zero-order valence-electron chi connectivity index (χ0n) is 18.8. The Morgan fingerprint density at radius 3 is 2.62 bits per heavy atom. The fraction of sp³-hybridized carbons (Fsp3) is 0.444. The molecule has 0 radical (unpaired) electrons. The number of methoxy groups -OCH3 is 1. The Bertz CT molecular complexity index is 1080. The maximum absolute atomic E-state index is 13.1. The molecule has 5 nitrogen and oxygen atoms in total. The predicted molar refractivity (Wildman–Crippen MR) is 127 cm³/mol. The summed E-state index contributed by atoms with van der Waals surface area (Å²) in [5.74, 6) is 2.42. The van der Waals surface area contributed by atoms with Gasteiger partial charge >= 0.3 is 0 Å². The molecule has 1 aromatic heterocycles. The van der Waals surface area contributed by atoms with Crippen LogP contribution >= 0.6 is 0 Å². The molecule has 1 saturated heterocycles. The van der Waals surface area contributed by atoms with Crippen LogP contribution in [0.4, 0.5) is 0 Å². The molecule has 2 fully saturated rings. The van der Waals surface area contributed by atoms with Crippen LogP contribution in [-0.4, -0.2) is 42.1 Å². The van der Waals surface area contributed by atoms with Gasteiger partial charge < -0.3 is 19.4 Å². The average molecular weight is 433 g/mol. The summed E-state index contributed by atoms with van der Waals surface area (Å²) in [7, 11) is 1.71. The van der Waals surface area contributed by atoms with Crippen LogP contribution in [0.3, 0.4) is 0 Å². The Morgan fingerprint density at radius 1 is 1.03 bits per heavy atom. The number of aromatic nitrogens is 1. The number of amides is 1. The van der Waals surface area contributed by atoms with Gasteiger partial charge in [-0.15, -0.1) is 0 Å². The van der Waals surface area contributed by atoms with Crippen LogP contribution in [0, 0.1) is 5.92 Å². The van der Waals surface area contributed by atoms with Crippen LogP contribution in [0.1, 0.15) is 54.4 Å². The van der Waals surface area contributed by atoms with Crippen LogP contribution in [0.2, 0.25) is 0 Å². The molecular weight excluding hydrogens is 400 g/mol. The van der Waals surface area contributed by atoms with Crippen molar-refractivity contribution < 1.29 is 14.3 Å². The van der Waals surface area contributed by atoms with Crippen molar-refractivity contribution in [2.45, 2.75) is 51.0 Å². The van der Waals surface area contributed by atoms with Crippen molar-refractivity contribution in [1.82, 2.24) is 9.88 Å². The molecule has 1 aliphatic heterocycles. The molecular formula is C27H32N2O3. The number of aromatic amines is 1. The molecule has 2 aliphatic rings. The molecule has 0 bridgehead atoms. The lowest BCUT2D eigenvalue weighted by molar-refractivity contribution is 0.0692. The van der Waals surface area contributed by atoms with Crippen LogP contribution in [0.15, 0.2) is 48.7 Å². The molecule has 0 atom stereocenters. The van der Waals surface area contributed by atoms with Gasteiger partial charge in [0.15, 0.2) is 11.5 Å². The second-order valence-corrected chi connectivity index (χ2v) is 9.19. The van der Waals surface area contributed by atoms with Gasteiger partial charge in [-0.25, -0.2) is 0 Å². The minimum atomic E-state index is 0.144. The first-order valence-electron chi connectivity index (χ1n) is 11.9. The number of nitrogens with zero attached hydrogens (tertiary/aromatic N) is 1. The van der Waals surface area contributed by atoms with Crippen molar-refractivity contribution in [3.05, 3.63) is 59.8 Å². The third kappa shape index (κ3) is 4.34. The second kappa shape index (κ2) is 9.27. The highest BCUT2D eigenvalue weighted by Crippen LogP contribution is 2.34. The molecule has 1 saturated carbocycles. The molecule has 1 amide bonds. The van der Waals surface area contributed by atoms with Gasteiger partial charge in [-0.1, -0.05) is 12.1 Å². The number of benzene rings is 2. The van der Waals surface area contributed by atoms with Gasteiger partial charge in [-0.05, 0) is 86.8 Å². The van der Waals surface area contributed by atoms with E-state index in [4.69, 9.17) is 9.47 Å². The number of piperidine rings is 1. The first-order chi connectivity index (χ1) is 15.7. The molecule has 5 rings (SSSR count). The molecule has 2 aromatic carbocycles. The van der Waals surface area contributed by atoms with Crippen LogP contribution < -0.4 is 9.47 Å². The zero-order valence-corrected chi connectivity index (χ0v) is 18.8. The first kappa shape index (κ1) is 20.9. The Hall–Kier alpha value is -2.95. The molecule has 32 heavy (non-hydrogen) atoms. The molecule has 0 unspecified atom stereocenters. The Morgan fingerprint density at radius 2 is 1.84 bits per heavy atom. The topological polar surface area (TPSA) is 54.6 Å². The lowest BCUT2D eigenvalue weighted by Gasteiger charge is -2.32. The van der Waals surface area contributed by atoms with Crippen LogP contribution in [0.5, 0.6) is 11.5 Å². The summed E-state index contributed by atoms with van der Waals surface area (Å²) in [6, 6.07) is 14.3. The number of likely N-dealkylation sites (tertiary alicyclic amines) is 1. The second-order valence-electron chi connectivity index (χ2n) is 9.19. The highest BCUT2D eigenvalue weighted by atomic mass is 16.5. The number of nitrogens with one attached hydrogen (secondary N) is 1. The summed E-state index contributed by atoms with van der Waals surface area (Å²) in [6.07, 6.45) is 10.1. The predicted octanol–water partition coefficient (Wildman–Crippen LogP) is 5.59. The number of ether oxygens (including phenoxy) is 2. The number of rotatable bonds is 6.